The van der Waals surface area contributed by atoms with Crippen molar-refractivity contribution < 1.29 is 18.8 Å². The molecule has 8 heteroatoms. The van der Waals surface area contributed by atoms with Crippen LogP contribution in [0.15, 0.2) is 48.5 Å². The number of piperidine rings is 1. The van der Waals surface area contributed by atoms with Crippen LogP contribution in [0.5, 0.6) is 0 Å². The first kappa shape index (κ1) is 23.2. The molecule has 1 fully saturated rings. The monoisotopic (exact) mass is 440 g/mol. The Bertz CT molecular complexity index is 956. The number of urea groups is 1. The van der Waals surface area contributed by atoms with Gasteiger partial charge in [0.1, 0.15) is 11.9 Å². The summed E-state index contributed by atoms with van der Waals surface area (Å²) in [6, 6.07) is 12.7. The van der Waals surface area contributed by atoms with E-state index in [0.717, 1.165) is 11.1 Å². The molecule has 0 bridgehead atoms. The van der Waals surface area contributed by atoms with Crippen LogP contribution in [-0.2, 0) is 16.0 Å². The fourth-order valence-corrected chi connectivity index (χ4v) is 3.70. The fraction of sp³-hybridized carbons (Fsp3) is 0.375. The zero-order valence-electron chi connectivity index (χ0n) is 18.4. The van der Waals surface area contributed by atoms with E-state index in [1.54, 1.807) is 17.0 Å². The number of nitrogens with zero attached hydrogens (tertiary/aromatic N) is 1. The van der Waals surface area contributed by atoms with Gasteiger partial charge in [0.05, 0.1) is 5.69 Å². The standard InChI is InChI=1S/C24H29FN4O3/c1-16-7-9-18(10-8-16)15-22(26-17(2)30)23(31)27-19-11-13-29(14-12-19)24(32)28-21-6-4-3-5-20(21)25/h3-10,19,22H,11-15H2,1-2H3,(H,26,30)(H,27,31)(H,28,32). The van der Waals surface area contributed by atoms with E-state index in [4.69, 9.17) is 0 Å². The molecule has 1 unspecified atom stereocenters. The molecule has 1 atom stereocenters. The third-order valence-corrected chi connectivity index (χ3v) is 5.50. The van der Waals surface area contributed by atoms with Gasteiger partial charge in [-0.15, -0.1) is 0 Å². The Balaban J connectivity index is 1.52. The third kappa shape index (κ3) is 6.54. The lowest BCUT2D eigenvalue weighted by molar-refractivity contribution is -0.128. The van der Waals surface area contributed by atoms with Crippen LogP contribution in [0.3, 0.4) is 0 Å². The van der Waals surface area contributed by atoms with Gasteiger partial charge in [0.25, 0.3) is 0 Å². The molecular weight excluding hydrogens is 411 g/mol. The summed E-state index contributed by atoms with van der Waals surface area (Å²) < 4.78 is 13.8. The van der Waals surface area contributed by atoms with Crippen LogP contribution in [0.25, 0.3) is 0 Å². The van der Waals surface area contributed by atoms with Crippen molar-refractivity contribution in [3.63, 3.8) is 0 Å². The van der Waals surface area contributed by atoms with Crippen LogP contribution in [0, 0.1) is 12.7 Å². The summed E-state index contributed by atoms with van der Waals surface area (Å²) in [6.45, 7) is 4.26. The molecular formula is C24H29FN4O3. The Hall–Kier alpha value is -3.42. The van der Waals surface area contributed by atoms with Gasteiger partial charge in [-0.2, -0.15) is 0 Å². The Labute approximate surface area is 187 Å². The number of benzene rings is 2. The lowest BCUT2D eigenvalue weighted by Crippen LogP contribution is -2.53. The maximum absolute atomic E-state index is 13.8. The van der Waals surface area contributed by atoms with E-state index in [2.05, 4.69) is 16.0 Å². The van der Waals surface area contributed by atoms with Crippen LogP contribution in [0.2, 0.25) is 0 Å². The van der Waals surface area contributed by atoms with Gasteiger partial charge in [0.15, 0.2) is 0 Å². The van der Waals surface area contributed by atoms with Crippen molar-refractivity contribution in [3.05, 3.63) is 65.5 Å². The van der Waals surface area contributed by atoms with Crippen LogP contribution < -0.4 is 16.0 Å². The zero-order chi connectivity index (χ0) is 23.1. The smallest absolute Gasteiger partial charge is 0.321 e. The first-order valence-electron chi connectivity index (χ1n) is 10.8. The molecule has 0 aliphatic carbocycles. The maximum Gasteiger partial charge on any atom is 0.321 e. The molecule has 0 spiro atoms. The van der Waals surface area contributed by atoms with E-state index in [-0.39, 0.29) is 29.6 Å². The number of carbonyl (C=O) groups excluding carboxylic acids is 3. The molecule has 0 saturated carbocycles. The summed E-state index contributed by atoms with van der Waals surface area (Å²) in [5.41, 5.74) is 2.23. The Kier molecular flexibility index (Phi) is 7.81. The average Bonchev–Trinajstić information content (AvgIpc) is 2.76. The summed E-state index contributed by atoms with van der Waals surface area (Å²) >= 11 is 0. The minimum atomic E-state index is -0.669. The Morgan fingerprint density at radius 2 is 1.72 bits per heavy atom. The van der Waals surface area contributed by atoms with Gasteiger partial charge >= 0.3 is 6.03 Å². The topological polar surface area (TPSA) is 90.5 Å². The van der Waals surface area contributed by atoms with Crippen LogP contribution in [0.4, 0.5) is 14.9 Å². The van der Waals surface area contributed by atoms with Crippen molar-refractivity contribution >= 4 is 23.5 Å². The molecule has 1 saturated heterocycles. The second-order valence-electron chi connectivity index (χ2n) is 8.12. The van der Waals surface area contributed by atoms with E-state index in [9.17, 15) is 18.8 Å². The number of nitrogens with one attached hydrogen (secondary N) is 3. The molecule has 170 valence electrons. The van der Waals surface area contributed by atoms with Gasteiger partial charge in [0.2, 0.25) is 11.8 Å². The van der Waals surface area contributed by atoms with E-state index in [1.807, 2.05) is 31.2 Å². The molecule has 2 aromatic carbocycles. The van der Waals surface area contributed by atoms with Crippen molar-refractivity contribution in [2.45, 2.75) is 45.2 Å². The maximum atomic E-state index is 13.8. The minimum absolute atomic E-state index is 0.103. The van der Waals surface area contributed by atoms with Crippen LogP contribution in [-0.4, -0.2) is 47.9 Å². The lowest BCUT2D eigenvalue weighted by atomic mass is 10.0. The highest BCUT2D eigenvalue weighted by molar-refractivity contribution is 5.89. The van der Waals surface area contributed by atoms with Crippen molar-refractivity contribution in [3.8, 4) is 0 Å². The highest BCUT2D eigenvalue weighted by Gasteiger charge is 2.27. The lowest BCUT2D eigenvalue weighted by Gasteiger charge is -2.33. The number of hydrogen-bond donors (Lipinski definition) is 3. The Morgan fingerprint density at radius 3 is 2.34 bits per heavy atom. The molecule has 32 heavy (non-hydrogen) atoms. The number of anilines is 1. The molecule has 3 rings (SSSR count). The highest BCUT2D eigenvalue weighted by atomic mass is 19.1. The molecule has 1 heterocycles. The van der Waals surface area contributed by atoms with Gasteiger partial charge in [-0.25, -0.2) is 9.18 Å². The first-order chi connectivity index (χ1) is 15.3. The summed E-state index contributed by atoms with van der Waals surface area (Å²) in [5.74, 6) is -0.993. The van der Waals surface area contributed by atoms with Crippen molar-refractivity contribution in [1.29, 1.82) is 0 Å². The second-order valence-corrected chi connectivity index (χ2v) is 8.12. The predicted molar refractivity (Wildman–Crippen MR) is 121 cm³/mol. The van der Waals surface area contributed by atoms with Gasteiger partial charge in [-0.1, -0.05) is 42.0 Å². The number of amides is 4. The molecule has 4 amide bonds. The number of rotatable bonds is 6. The number of aryl methyl sites for hydroxylation is 1. The van der Waals surface area contributed by atoms with Gasteiger partial charge in [-0.3, -0.25) is 9.59 Å². The molecule has 2 aromatic rings. The highest BCUT2D eigenvalue weighted by Crippen LogP contribution is 2.16. The number of para-hydroxylation sites is 1. The third-order valence-electron chi connectivity index (χ3n) is 5.50. The van der Waals surface area contributed by atoms with Crippen LogP contribution in [0.1, 0.15) is 30.9 Å². The normalized spacial score (nSPS) is 15.0. The van der Waals surface area contributed by atoms with Crippen molar-refractivity contribution in [1.82, 2.24) is 15.5 Å². The summed E-state index contributed by atoms with van der Waals surface area (Å²) in [5, 5.41) is 8.32. The molecule has 0 radical (unpaired) electrons. The van der Waals surface area contributed by atoms with Gasteiger partial charge in [-0.05, 0) is 37.5 Å². The van der Waals surface area contributed by atoms with Gasteiger partial charge in [0, 0.05) is 32.5 Å². The Morgan fingerprint density at radius 1 is 1.06 bits per heavy atom. The number of carbonyl (C=O) groups is 3. The van der Waals surface area contributed by atoms with Crippen LogP contribution >= 0.6 is 0 Å². The largest absolute Gasteiger partial charge is 0.351 e. The van der Waals surface area contributed by atoms with E-state index >= 15 is 0 Å². The van der Waals surface area contributed by atoms with E-state index in [1.165, 1.54) is 19.1 Å². The molecule has 3 N–H and O–H groups in total. The molecule has 0 aromatic heterocycles. The number of halogens is 1. The summed E-state index contributed by atoms with van der Waals surface area (Å²) in [7, 11) is 0. The SMILES string of the molecule is CC(=O)NC(Cc1ccc(C)cc1)C(=O)NC1CCN(C(=O)Nc2ccccc2F)CC1. The second kappa shape index (κ2) is 10.7. The molecule has 1 aliphatic rings. The zero-order valence-corrected chi connectivity index (χ0v) is 18.4. The van der Waals surface area contributed by atoms with Crippen molar-refractivity contribution in [2.75, 3.05) is 18.4 Å². The summed E-state index contributed by atoms with van der Waals surface area (Å²) in [6.07, 6.45) is 1.55. The fourth-order valence-electron chi connectivity index (χ4n) is 3.70. The molecule has 1 aliphatic heterocycles. The average molecular weight is 441 g/mol. The quantitative estimate of drug-likeness (QED) is 0.645. The van der Waals surface area contributed by atoms with Gasteiger partial charge < -0.3 is 20.9 Å². The number of hydrogen-bond acceptors (Lipinski definition) is 3. The van der Waals surface area contributed by atoms with E-state index < -0.39 is 11.9 Å². The molecule has 7 nitrogen and oxygen atoms in total. The van der Waals surface area contributed by atoms with E-state index in [0.29, 0.717) is 32.4 Å². The predicted octanol–water partition coefficient (Wildman–Crippen LogP) is 2.99. The first-order valence-corrected chi connectivity index (χ1v) is 10.8. The number of likely N-dealkylation sites (tertiary alicyclic amines) is 1. The summed E-state index contributed by atoms with van der Waals surface area (Å²) in [4.78, 5) is 38.5. The minimum Gasteiger partial charge on any atom is -0.351 e. The van der Waals surface area contributed by atoms with Crippen molar-refractivity contribution in [2.24, 2.45) is 0 Å².